The van der Waals surface area contributed by atoms with Gasteiger partial charge in [0.05, 0.1) is 8.45 Å². The van der Waals surface area contributed by atoms with Crippen LogP contribution >= 0.6 is 33.9 Å². The van der Waals surface area contributed by atoms with E-state index in [0.717, 1.165) is 15.1 Å². The van der Waals surface area contributed by atoms with Crippen LogP contribution in [0.25, 0.3) is 0 Å². The van der Waals surface area contributed by atoms with Crippen molar-refractivity contribution in [1.82, 2.24) is 0 Å². The van der Waals surface area contributed by atoms with Gasteiger partial charge in [0.1, 0.15) is 0 Å². The highest BCUT2D eigenvalue weighted by Gasteiger charge is 2.10. The van der Waals surface area contributed by atoms with Crippen LogP contribution in [0.3, 0.4) is 0 Å². The third-order valence-corrected chi connectivity index (χ3v) is 5.04. The van der Waals surface area contributed by atoms with Gasteiger partial charge in [-0.1, -0.05) is 0 Å². The zero-order valence-electron chi connectivity index (χ0n) is 12.4. The first kappa shape index (κ1) is 16.3. The maximum Gasteiger partial charge on any atom is 0.256 e. The molecule has 0 aliphatic carbocycles. The number of anilines is 2. The van der Waals surface area contributed by atoms with Crippen molar-refractivity contribution in [2.24, 2.45) is 0 Å². The second kappa shape index (κ2) is 7.26. The van der Waals surface area contributed by atoms with E-state index in [1.54, 1.807) is 11.3 Å². The largest absolute Gasteiger partial charge is 0.369 e. The summed E-state index contributed by atoms with van der Waals surface area (Å²) in [6.07, 6.45) is 0. The molecular weight excluding hydrogens is 395 g/mol. The second-order valence-electron chi connectivity index (χ2n) is 5.02. The molecule has 5 heteroatoms. The first-order chi connectivity index (χ1) is 10.0. The average Bonchev–Trinajstić information content (AvgIpc) is 2.88. The molecule has 0 aliphatic heterocycles. The SMILES string of the molecule is CCN(c1ccc(NC(=O)c2csc(I)c2)cc1)C(C)C. The van der Waals surface area contributed by atoms with E-state index < -0.39 is 0 Å². The number of hydrogen-bond donors (Lipinski definition) is 1. The summed E-state index contributed by atoms with van der Waals surface area (Å²) < 4.78 is 1.11. The van der Waals surface area contributed by atoms with Crippen molar-refractivity contribution in [3.8, 4) is 0 Å². The highest BCUT2D eigenvalue weighted by molar-refractivity contribution is 14.1. The van der Waals surface area contributed by atoms with Crippen molar-refractivity contribution in [3.05, 3.63) is 44.2 Å². The average molecular weight is 414 g/mol. The van der Waals surface area contributed by atoms with Crippen LogP contribution in [0.15, 0.2) is 35.7 Å². The number of hydrogen-bond acceptors (Lipinski definition) is 3. The first-order valence-electron chi connectivity index (χ1n) is 6.93. The van der Waals surface area contributed by atoms with Gasteiger partial charge in [-0.2, -0.15) is 0 Å². The fourth-order valence-corrected chi connectivity index (χ4v) is 3.54. The van der Waals surface area contributed by atoms with Gasteiger partial charge in [-0.15, -0.1) is 11.3 Å². The Labute approximate surface area is 143 Å². The summed E-state index contributed by atoms with van der Waals surface area (Å²) in [5.74, 6) is -0.0573. The van der Waals surface area contributed by atoms with Crippen molar-refractivity contribution in [2.75, 3.05) is 16.8 Å². The van der Waals surface area contributed by atoms with Gasteiger partial charge in [0.25, 0.3) is 5.91 Å². The number of amides is 1. The summed E-state index contributed by atoms with van der Waals surface area (Å²) in [6.45, 7) is 7.47. The second-order valence-corrected chi connectivity index (χ2v) is 7.83. The highest BCUT2D eigenvalue weighted by atomic mass is 127. The van der Waals surface area contributed by atoms with E-state index in [1.807, 2.05) is 23.6 Å². The Bertz CT molecular complexity index is 607. The van der Waals surface area contributed by atoms with E-state index in [-0.39, 0.29) is 5.91 Å². The molecule has 0 radical (unpaired) electrons. The molecule has 1 N–H and O–H groups in total. The summed E-state index contributed by atoms with van der Waals surface area (Å²) in [6, 6.07) is 10.4. The minimum absolute atomic E-state index is 0.0573. The lowest BCUT2D eigenvalue weighted by Crippen LogP contribution is -2.30. The van der Waals surface area contributed by atoms with Crippen molar-refractivity contribution < 1.29 is 4.79 Å². The third kappa shape index (κ3) is 4.20. The van der Waals surface area contributed by atoms with Crippen molar-refractivity contribution in [1.29, 1.82) is 0 Å². The van der Waals surface area contributed by atoms with Crippen LogP contribution in [-0.2, 0) is 0 Å². The van der Waals surface area contributed by atoms with Crippen LogP contribution in [0.1, 0.15) is 31.1 Å². The number of thiophene rings is 1. The molecule has 0 spiro atoms. The van der Waals surface area contributed by atoms with Gasteiger partial charge in [0.2, 0.25) is 0 Å². The minimum atomic E-state index is -0.0573. The molecule has 1 aromatic heterocycles. The number of halogens is 1. The van der Waals surface area contributed by atoms with Crippen LogP contribution in [0.5, 0.6) is 0 Å². The molecule has 112 valence electrons. The third-order valence-electron chi connectivity index (χ3n) is 3.25. The van der Waals surface area contributed by atoms with Crippen molar-refractivity contribution in [3.63, 3.8) is 0 Å². The van der Waals surface area contributed by atoms with Gasteiger partial charge < -0.3 is 10.2 Å². The zero-order valence-corrected chi connectivity index (χ0v) is 15.4. The number of carbonyl (C=O) groups is 1. The van der Waals surface area contributed by atoms with E-state index in [9.17, 15) is 4.79 Å². The molecule has 1 heterocycles. The molecule has 1 aromatic carbocycles. The predicted octanol–water partition coefficient (Wildman–Crippen LogP) is 4.84. The Morgan fingerprint density at radius 2 is 2.00 bits per heavy atom. The van der Waals surface area contributed by atoms with E-state index in [4.69, 9.17) is 0 Å². The van der Waals surface area contributed by atoms with Crippen LogP contribution in [0.4, 0.5) is 11.4 Å². The predicted molar refractivity (Wildman–Crippen MR) is 99.6 cm³/mol. The molecule has 2 aromatic rings. The molecular formula is C16H19IN2OS. The van der Waals surface area contributed by atoms with Crippen LogP contribution in [0, 0.1) is 2.88 Å². The van der Waals surface area contributed by atoms with E-state index in [2.05, 4.69) is 65.7 Å². The highest BCUT2D eigenvalue weighted by Crippen LogP contribution is 2.21. The van der Waals surface area contributed by atoms with E-state index in [1.165, 1.54) is 5.69 Å². The lowest BCUT2D eigenvalue weighted by molar-refractivity contribution is 0.102. The van der Waals surface area contributed by atoms with E-state index in [0.29, 0.717) is 11.6 Å². The molecule has 2 rings (SSSR count). The number of nitrogens with one attached hydrogen (secondary N) is 1. The van der Waals surface area contributed by atoms with Crippen LogP contribution < -0.4 is 10.2 Å². The van der Waals surface area contributed by atoms with E-state index >= 15 is 0 Å². The normalized spacial score (nSPS) is 10.7. The van der Waals surface area contributed by atoms with Gasteiger partial charge in [-0.3, -0.25) is 4.79 Å². The van der Waals surface area contributed by atoms with Gasteiger partial charge in [-0.25, -0.2) is 0 Å². The number of nitrogens with zero attached hydrogens (tertiary/aromatic N) is 1. The van der Waals surface area contributed by atoms with Crippen LogP contribution in [-0.4, -0.2) is 18.5 Å². The maximum atomic E-state index is 12.1. The molecule has 0 saturated carbocycles. The smallest absolute Gasteiger partial charge is 0.256 e. The maximum absolute atomic E-state index is 12.1. The Balaban J connectivity index is 2.07. The standard InChI is InChI=1S/C16H19IN2OS/c1-4-19(11(2)3)14-7-5-13(6-8-14)18-16(20)12-9-15(17)21-10-12/h5-11H,4H2,1-3H3,(H,18,20). The molecule has 0 fully saturated rings. The lowest BCUT2D eigenvalue weighted by Gasteiger charge is -2.27. The number of rotatable bonds is 5. The molecule has 0 bridgehead atoms. The topological polar surface area (TPSA) is 32.3 Å². The minimum Gasteiger partial charge on any atom is -0.369 e. The summed E-state index contributed by atoms with van der Waals surface area (Å²) in [4.78, 5) is 14.4. The Kier molecular flexibility index (Phi) is 5.64. The first-order valence-corrected chi connectivity index (χ1v) is 8.89. The molecule has 1 amide bonds. The molecule has 0 aliphatic rings. The quantitative estimate of drug-likeness (QED) is 0.711. The van der Waals surface area contributed by atoms with Gasteiger partial charge in [0, 0.05) is 29.3 Å². The molecule has 0 saturated heterocycles. The summed E-state index contributed by atoms with van der Waals surface area (Å²) in [7, 11) is 0. The molecule has 3 nitrogen and oxygen atoms in total. The van der Waals surface area contributed by atoms with Gasteiger partial charge in [-0.05, 0) is 73.7 Å². The summed E-state index contributed by atoms with van der Waals surface area (Å²) in [5, 5.41) is 4.81. The number of benzene rings is 1. The summed E-state index contributed by atoms with van der Waals surface area (Å²) in [5.41, 5.74) is 2.71. The zero-order chi connectivity index (χ0) is 15.4. The van der Waals surface area contributed by atoms with Crippen molar-refractivity contribution >= 4 is 51.2 Å². The molecule has 0 atom stereocenters. The fourth-order valence-electron chi connectivity index (χ4n) is 2.21. The van der Waals surface area contributed by atoms with Gasteiger partial charge >= 0.3 is 0 Å². The van der Waals surface area contributed by atoms with Crippen LogP contribution in [0.2, 0.25) is 0 Å². The lowest BCUT2D eigenvalue weighted by atomic mass is 10.2. The van der Waals surface area contributed by atoms with Crippen molar-refractivity contribution in [2.45, 2.75) is 26.8 Å². The fraction of sp³-hybridized carbons (Fsp3) is 0.312. The Hall–Kier alpha value is -1.08. The number of carbonyl (C=O) groups excluding carboxylic acids is 1. The summed E-state index contributed by atoms with van der Waals surface area (Å²) >= 11 is 3.79. The monoisotopic (exact) mass is 414 g/mol. The Morgan fingerprint density at radius 1 is 1.33 bits per heavy atom. The molecule has 0 unspecified atom stereocenters. The Morgan fingerprint density at radius 3 is 2.48 bits per heavy atom. The van der Waals surface area contributed by atoms with Gasteiger partial charge in [0.15, 0.2) is 0 Å². The molecule has 21 heavy (non-hydrogen) atoms.